The van der Waals surface area contributed by atoms with Gasteiger partial charge in [0.25, 0.3) is 26.0 Å². The number of benzene rings is 4. The molecule has 0 radical (unpaired) electrons. The van der Waals surface area contributed by atoms with Crippen LogP contribution < -0.4 is 5.43 Å². The lowest BCUT2D eigenvalue weighted by molar-refractivity contribution is 0.0837. The molecule has 35 heavy (non-hydrogen) atoms. The maximum atomic E-state index is 13.8. The molecule has 0 unspecified atom stereocenters. The summed E-state index contributed by atoms with van der Waals surface area (Å²) in [6.07, 6.45) is 0. The minimum absolute atomic E-state index is 0.0547. The fraction of sp³-hybridized carbons (Fsp3) is 0. The molecule has 8 nitrogen and oxygen atoms in total. The number of sulfonamides is 2. The summed E-state index contributed by atoms with van der Waals surface area (Å²) in [4.78, 5) is 13.3. The van der Waals surface area contributed by atoms with Crippen molar-refractivity contribution in [3.8, 4) is 0 Å². The lowest BCUT2D eigenvalue weighted by atomic mass is 10.1. The molecular weight excluding hydrogens is 554 g/mol. The molecule has 0 saturated carbocycles. The van der Waals surface area contributed by atoms with Gasteiger partial charge < -0.3 is 0 Å². The lowest BCUT2D eigenvalue weighted by Gasteiger charge is -2.24. The molecule has 176 valence electrons. The lowest BCUT2D eigenvalue weighted by Crippen LogP contribution is -2.49. The van der Waals surface area contributed by atoms with E-state index in [1.807, 2.05) is 12.1 Å². The van der Waals surface area contributed by atoms with E-state index in [-0.39, 0.29) is 26.8 Å². The van der Waals surface area contributed by atoms with Crippen molar-refractivity contribution in [3.05, 3.63) is 107 Å². The van der Waals surface area contributed by atoms with Crippen molar-refractivity contribution < 1.29 is 21.6 Å². The standard InChI is InChI=1S/C24H16BrN3O5S2/c25-21-11-5-3-9-19(21)24(29)28(26-23-20-10-4-6-12-22(20)34(30,31)27-23)35(32,33)18-14-13-16-7-1-2-8-17(16)15-18/h1-15H,(H,26,27). The molecule has 0 saturated heterocycles. The van der Waals surface area contributed by atoms with Crippen molar-refractivity contribution in [3.63, 3.8) is 0 Å². The van der Waals surface area contributed by atoms with E-state index in [1.165, 1.54) is 36.4 Å². The Morgan fingerprint density at radius 3 is 2.29 bits per heavy atom. The highest BCUT2D eigenvalue weighted by molar-refractivity contribution is 9.10. The molecule has 0 bridgehead atoms. The molecule has 0 fully saturated rings. The number of hydrogen-bond donors (Lipinski definition) is 1. The Labute approximate surface area is 210 Å². The number of nitrogens with one attached hydrogen (secondary N) is 1. The van der Waals surface area contributed by atoms with Crippen LogP contribution >= 0.6 is 15.9 Å². The van der Waals surface area contributed by atoms with Crippen molar-refractivity contribution in [1.29, 1.82) is 0 Å². The van der Waals surface area contributed by atoms with E-state index in [4.69, 9.17) is 0 Å². The zero-order chi connectivity index (χ0) is 24.8. The first-order chi connectivity index (χ1) is 16.7. The SMILES string of the molecule is O=C(c1ccccc1Br)N(NC1=NS(=O)(=O)c2ccccc21)S(=O)(=O)c1ccc2ccccc2c1. The van der Waals surface area contributed by atoms with Gasteiger partial charge in [-0.05, 0) is 63.1 Å². The molecule has 5 rings (SSSR count). The van der Waals surface area contributed by atoms with Gasteiger partial charge in [0, 0.05) is 10.0 Å². The second-order valence-corrected chi connectivity index (χ2v) is 11.8. The second kappa shape index (κ2) is 8.59. The van der Waals surface area contributed by atoms with E-state index < -0.39 is 26.0 Å². The molecule has 0 aromatic heterocycles. The summed E-state index contributed by atoms with van der Waals surface area (Å²) < 4.78 is 57.1. The predicted molar refractivity (Wildman–Crippen MR) is 135 cm³/mol. The van der Waals surface area contributed by atoms with Gasteiger partial charge in [-0.2, -0.15) is 16.8 Å². The number of rotatable bonds is 3. The van der Waals surface area contributed by atoms with Crippen LogP contribution in [0.15, 0.2) is 110 Å². The summed E-state index contributed by atoms with van der Waals surface area (Å²) in [5.41, 5.74) is 2.70. The zero-order valence-electron chi connectivity index (χ0n) is 17.8. The fourth-order valence-corrected chi connectivity index (χ4v) is 6.56. The first-order valence-electron chi connectivity index (χ1n) is 10.2. The van der Waals surface area contributed by atoms with Gasteiger partial charge in [0.2, 0.25) is 0 Å². The zero-order valence-corrected chi connectivity index (χ0v) is 21.0. The molecule has 4 aromatic rings. The van der Waals surface area contributed by atoms with Crippen molar-refractivity contribution in [2.75, 3.05) is 0 Å². The minimum Gasteiger partial charge on any atom is -0.266 e. The Bertz CT molecular complexity index is 1750. The second-order valence-electron chi connectivity index (χ2n) is 7.59. The molecule has 1 aliphatic rings. The van der Waals surface area contributed by atoms with Crippen molar-refractivity contribution in [2.24, 2.45) is 4.40 Å². The first-order valence-corrected chi connectivity index (χ1v) is 13.9. The molecule has 0 aliphatic carbocycles. The van der Waals surface area contributed by atoms with Gasteiger partial charge >= 0.3 is 0 Å². The number of carbonyl (C=O) groups is 1. The van der Waals surface area contributed by atoms with Crippen molar-refractivity contribution in [1.82, 2.24) is 9.84 Å². The monoisotopic (exact) mass is 569 g/mol. The van der Waals surface area contributed by atoms with E-state index in [9.17, 15) is 21.6 Å². The molecular formula is C24H16BrN3O5S2. The largest absolute Gasteiger partial charge is 0.288 e. The molecule has 1 amide bonds. The third-order valence-corrected chi connectivity index (χ3v) is 9.00. The number of carbonyl (C=O) groups excluding carboxylic acids is 1. The Balaban J connectivity index is 1.66. The molecule has 0 atom stereocenters. The normalized spacial score (nSPS) is 14.3. The number of amides is 1. The molecule has 1 N–H and O–H groups in total. The maximum Gasteiger partial charge on any atom is 0.288 e. The van der Waals surface area contributed by atoms with Gasteiger partial charge in [-0.15, -0.1) is 8.81 Å². The number of fused-ring (bicyclic) bond motifs is 2. The average Bonchev–Trinajstić information content (AvgIpc) is 3.12. The van der Waals surface area contributed by atoms with Crippen LogP contribution in [-0.2, 0) is 20.0 Å². The average molecular weight is 570 g/mol. The third kappa shape index (κ3) is 4.11. The molecule has 1 heterocycles. The van der Waals surface area contributed by atoms with E-state index >= 15 is 0 Å². The number of hydrazine groups is 1. The Hall–Kier alpha value is -3.54. The van der Waals surface area contributed by atoms with Gasteiger partial charge in [0.15, 0.2) is 5.84 Å². The summed E-state index contributed by atoms with van der Waals surface area (Å²) in [5.74, 6) is -1.19. The molecule has 0 spiro atoms. The van der Waals surface area contributed by atoms with Crippen molar-refractivity contribution >= 4 is 58.5 Å². The van der Waals surface area contributed by atoms with Crippen LogP contribution in [0.1, 0.15) is 15.9 Å². The van der Waals surface area contributed by atoms with Crippen LogP contribution in [0.25, 0.3) is 10.8 Å². The Morgan fingerprint density at radius 1 is 0.857 bits per heavy atom. The third-order valence-electron chi connectivity index (χ3n) is 5.39. The van der Waals surface area contributed by atoms with E-state index in [0.29, 0.717) is 14.3 Å². The maximum absolute atomic E-state index is 13.8. The fourth-order valence-electron chi connectivity index (χ4n) is 3.68. The number of hydrogen-bond acceptors (Lipinski definition) is 6. The van der Waals surface area contributed by atoms with E-state index in [0.717, 1.165) is 5.39 Å². The Kier molecular flexibility index (Phi) is 5.70. The number of nitrogens with zero attached hydrogens (tertiary/aromatic N) is 2. The van der Waals surface area contributed by atoms with E-state index in [2.05, 4.69) is 25.8 Å². The van der Waals surface area contributed by atoms with Gasteiger partial charge in [-0.25, -0.2) is 0 Å². The van der Waals surface area contributed by atoms with Crippen molar-refractivity contribution in [2.45, 2.75) is 9.79 Å². The van der Waals surface area contributed by atoms with Gasteiger partial charge in [0.05, 0.1) is 10.5 Å². The summed E-state index contributed by atoms with van der Waals surface area (Å²) in [5, 5.41) is 1.48. The van der Waals surface area contributed by atoms with Gasteiger partial charge in [0.1, 0.15) is 4.90 Å². The van der Waals surface area contributed by atoms with Gasteiger partial charge in [-0.3, -0.25) is 10.2 Å². The highest BCUT2D eigenvalue weighted by Gasteiger charge is 2.36. The summed E-state index contributed by atoms with van der Waals surface area (Å²) in [6.45, 7) is 0. The van der Waals surface area contributed by atoms with Crippen LogP contribution in [0, 0.1) is 0 Å². The topological polar surface area (TPSA) is 113 Å². The minimum atomic E-state index is -4.51. The van der Waals surface area contributed by atoms with Crippen LogP contribution in [-0.4, -0.2) is 33.0 Å². The molecule has 1 aliphatic heterocycles. The van der Waals surface area contributed by atoms with Crippen LogP contribution in [0.5, 0.6) is 0 Å². The molecule has 4 aromatic carbocycles. The Morgan fingerprint density at radius 2 is 1.51 bits per heavy atom. The smallest absolute Gasteiger partial charge is 0.266 e. The molecule has 11 heteroatoms. The number of halogens is 1. The summed E-state index contributed by atoms with van der Waals surface area (Å²) >= 11 is 3.28. The predicted octanol–water partition coefficient (Wildman–Crippen LogP) is 4.09. The van der Waals surface area contributed by atoms with Crippen LogP contribution in [0.3, 0.4) is 0 Å². The quantitative estimate of drug-likeness (QED) is 0.372. The highest BCUT2D eigenvalue weighted by Crippen LogP contribution is 2.28. The van der Waals surface area contributed by atoms with Crippen LogP contribution in [0.4, 0.5) is 0 Å². The summed E-state index contributed by atoms with van der Waals surface area (Å²) in [7, 11) is -8.56. The summed E-state index contributed by atoms with van der Waals surface area (Å²) in [6, 6.07) is 24.0. The van der Waals surface area contributed by atoms with E-state index in [1.54, 1.807) is 42.5 Å². The van der Waals surface area contributed by atoms with Crippen LogP contribution in [0.2, 0.25) is 0 Å². The van der Waals surface area contributed by atoms with Gasteiger partial charge in [-0.1, -0.05) is 54.6 Å². The number of amidine groups is 1. The first kappa shape index (κ1) is 23.2. The highest BCUT2D eigenvalue weighted by atomic mass is 79.9.